The summed E-state index contributed by atoms with van der Waals surface area (Å²) < 4.78 is 65.9. The fraction of sp³-hybridized carbons (Fsp3) is 0.333. The van der Waals surface area contributed by atoms with Gasteiger partial charge in [0.1, 0.15) is 39.4 Å². The summed E-state index contributed by atoms with van der Waals surface area (Å²) in [7, 11) is -1.67. The van der Waals surface area contributed by atoms with Gasteiger partial charge in [-0.15, -0.1) is 13.2 Å². The van der Waals surface area contributed by atoms with Crippen molar-refractivity contribution >= 4 is 11.0 Å². The molecule has 13 heteroatoms. The number of aliphatic hydroxyl groups is 1. The van der Waals surface area contributed by atoms with Crippen molar-refractivity contribution in [3.05, 3.63) is 47.9 Å². The fourth-order valence-corrected chi connectivity index (χ4v) is 3.72. The van der Waals surface area contributed by atoms with Crippen molar-refractivity contribution in [2.45, 2.75) is 23.4 Å². The number of nitrogens with two attached hydrogens (primary N) is 1. The zero-order chi connectivity index (χ0) is 23.2. The molecule has 2 aromatic rings. The Hall–Kier alpha value is -2.79. The predicted octanol–water partition coefficient (Wildman–Crippen LogP) is 1.80. The highest BCUT2D eigenvalue weighted by Gasteiger charge is 2.38. The molecule has 0 bridgehead atoms. The lowest BCUT2D eigenvalue weighted by molar-refractivity contribution is -0.274. The van der Waals surface area contributed by atoms with Crippen LogP contribution in [0.25, 0.3) is 0 Å². The van der Waals surface area contributed by atoms with Gasteiger partial charge in [0.2, 0.25) is 0 Å². The highest BCUT2D eigenvalue weighted by molar-refractivity contribution is 7.82. The Labute approximate surface area is 177 Å². The van der Waals surface area contributed by atoms with Crippen molar-refractivity contribution in [3.8, 4) is 17.6 Å². The number of nitrogens with zero attached hydrogens (tertiary/aromatic N) is 3. The maximum Gasteiger partial charge on any atom is 0.573 e. The Balaban J connectivity index is 0.000000285. The third-order valence-electron chi connectivity index (χ3n) is 4.11. The number of β-amino-alcohol motifs (C(OH)–C–C–N with tert-alkyl or cyclic N) is 1. The molecular weight excluding hydrogens is 444 g/mol. The monoisotopic (exact) mass is 462 g/mol. The first-order valence-corrected chi connectivity index (χ1v) is 9.77. The highest BCUT2D eigenvalue weighted by Crippen LogP contribution is 2.25. The van der Waals surface area contributed by atoms with E-state index in [1.165, 1.54) is 22.5 Å². The van der Waals surface area contributed by atoms with Gasteiger partial charge in [0, 0.05) is 25.7 Å². The number of halogens is 4. The Morgan fingerprint density at radius 3 is 2.55 bits per heavy atom. The molecule has 1 aliphatic heterocycles. The molecule has 168 valence electrons. The van der Waals surface area contributed by atoms with Crippen molar-refractivity contribution in [2.24, 2.45) is 5.73 Å². The average molecular weight is 462 g/mol. The van der Waals surface area contributed by atoms with Crippen LogP contribution in [0.2, 0.25) is 0 Å². The molecule has 31 heavy (non-hydrogen) atoms. The summed E-state index contributed by atoms with van der Waals surface area (Å²) in [5, 5.41) is 27.0. The molecule has 0 radical (unpaired) electrons. The molecule has 4 N–H and O–H groups in total. The van der Waals surface area contributed by atoms with E-state index < -0.39 is 34.5 Å². The minimum Gasteiger partial charge on any atom is -0.508 e. The Kier molecular flexibility index (Phi) is 7.91. The Bertz CT molecular complexity index is 969. The molecular formula is C18H18F4N4O4S. The number of aromatic hydroxyl groups is 1. The maximum atomic E-state index is 12.5. The minimum atomic E-state index is -4.80. The third kappa shape index (κ3) is 7.14. The van der Waals surface area contributed by atoms with Gasteiger partial charge in [-0.1, -0.05) is 0 Å². The van der Waals surface area contributed by atoms with Gasteiger partial charge in [0.15, 0.2) is 0 Å². The third-order valence-corrected chi connectivity index (χ3v) is 5.49. The van der Waals surface area contributed by atoms with E-state index in [9.17, 15) is 26.9 Å². The summed E-state index contributed by atoms with van der Waals surface area (Å²) in [5.74, 6) is -1.35. The molecule has 0 saturated carbocycles. The van der Waals surface area contributed by atoms with E-state index in [1.807, 2.05) is 0 Å². The van der Waals surface area contributed by atoms with E-state index in [0.717, 1.165) is 18.3 Å². The van der Waals surface area contributed by atoms with Crippen molar-refractivity contribution in [2.75, 3.05) is 19.6 Å². The van der Waals surface area contributed by atoms with Crippen LogP contribution in [0.15, 0.2) is 41.6 Å². The predicted molar refractivity (Wildman–Crippen MR) is 100 cm³/mol. The maximum absolute atomic E-state index is 12.5. The van der Waals surface area contributed by atoms with E-state index in [0.29, 0.717) is 13.0 Å². The largest absolute Gasteiger partial charge is 0.573 e. The number of alkyl halides is 3. The summed E-state index contributed by atoms with van der Waals surface area (Å²) >= 11 is 0. The minimum absolute atomic E-state index is 0.0481. The zero-order valence-electron chi connectivity index (χ0n) is 15.8. The zero-order valence-corrected chi connectivity index (χ0v) is 16.7. The van der Waals surface area contributed by atoms with Gasteiger partial charge < -0.3 is 20.7 Å². The number of pyridine rings is 1. The van der Waals surface area contributed by atoms with E-state index in [-0.39, 0.29) is 29.4 Å². The lowest BCUT2D eigenvalue weighted by Gasteiger charge is -2.20. The smallest absolute Gasteiger partial charge is 0.508 e. The number of hydrogen-bond donors (Lipinski definition) is 3. The number of phenols is 1. The van der Waals surface area contributed by atoms with Crippen molar-refractivity contribution < 1.29 is 36.7 Å². The molecule has 0 amide bonds. The lowest BCUT2D eigenvalue weighted by Crippen LogP contribution is -2.40. The molecule has 0 spiro atoms. The molecule has 2 atom stereocenters. The summed E-state index contributed by atoms with van der Waals surface area (Å²) in [4.78, 5) is 3.70. The van der Waals surface area contributed by atoms with Crippen LogP contribution in [-0.2, 0) is 11.0 Å². The van der Waals surface area contributed by atoms with Gasteiger partial charge in [-0.2, -0.15) is 5.26 Å². The molecule has 1 saturated heterocycles. The van der Waals surface area contributed by atoms with E-state index in [2.05, 4.69) is 9.72 Å². The number of benzene rings is 1. The molecule has 1 aromatic carbocycles. The van der Waals surface area contributed by atoms with E-state index in [4.69, 9.17) is 16.1 Å². The van der Waals surface area contributed by atoms with Crippen LogP contribution in [0, 0.1) is 17.1 Å². The van der Waals surface area contributed by atoms with Crippen LogP contribution in [0.5, 0.6) is 11.5 Å². The number of nitriles is 1. The highest BCUT2D eigenvalue weighted by atomic mass is 32.2. The van der Waals surface area contributed by atoms with Crippen LogP contribution in [0.1, 0.15) is 12.0 Å². The van der Waals surface area contributed by atoms with Crippen molar-refractivity contribution in [1.82, 2.24) is 9.29 Å². The summed E-state index contributed by atoms with van der Waals surface area (Å²) in [5.41, 5.74) is 4.29. The summed E-state index contributed by atoms with van der Waals surface area (Å²) in [6, 6.07) is 7.26. The second kappa shape index (κ2) is 10.0. The summed E-state index contributed by atoms with van der Waals surface area (Å²) in [6.45, 7) is 0.536. The quantitative estimate of drug-likeness (QED) is 0.590. The van der Waals surface area contributed by atoms with E-state index in [1.54, 1.807) is 6.07 Å². The molecule has 1 aromatic heterocycles. The summed E-state index contributed by atoms with van der Waals surface area (Å²) in [6.07, 6.45) is -3.56. The normalized spacial score (nSPS) is 19.8. The Morgan fingerprint density at radius 1 is 1.35 bits per heavy atom. The van der Waals surface area contributed by atoms with Gasteiger partial charge in [-0.05, 0) is 30.7 Å². The van der Waals surface area contributed by atoms with Crippen LogP contribution >= 0.6 is 0 Å². The first-order valence-electron chi connectivity index (χ1n) is 8.66. The molecule has 1 aliphatic rings. The Morgan fingerprint density at radius 2 is 2.06 bits per heavy atom. The fourth-order valence-electron chi connectivity index (χ4n) is 2.52. The number of hydrogen-bond acceptors (Lipinski definition) is 7. The first kappa shape index (κ1) is 24.5. The lowest BCUT2D eigenvalue weighted by atomic mass is 10.1. The molecule has 8 nitrogen and oxygen atoms in total. The van der Waals surface area contributed by atoms with Crippen LogP contribution in [-0.4, -0.2) is 55.3 Å². The second-order valence-electron chi connectivity index (χ2n) is 6.45. The number of aromatic nitrogens is 1. The molecule has 1 fully saturated rings. The van der Waals surface area contributed by atoms with Crippen molar-refractivity contribution in [3.63, 3.8) is 0 Å². The van der Waals surface area contributed by atoms with Gasteiger partial charge >= 0.3 is 6.36 Å². The van der Waals surface area contributed by atoms with E-state index >= 15 is 0 Å². The number of rotatable bonds is 4. The number of phenolic OH excluding ortho intramolecular Hbond substituents is 1. The van der Waals surface area contributed by atoms with Crippen LogP contribution in [0.3, 0.4) is 0 Å². The molecule has 3 rings (SSSR count). The molecule has 2 unspecified atom stereocenters. The molecule has 2 heterocycles. The van der Waals surface area contributed by atoms with Gasteiger partial charge in [0.25, 0.3) is 0 Å². The topological polar surface area (TPSA) is 133 Å². The SMILES string of the molecule is N#Cc1ccc(O)cc1F.NCC1(O)CCN(S(=O)c2ccc(OC(F)(F)F)cn2)C1. The van der Waals surface area contributed by atoms with Gasteiger partial charge in [0.05, 0.1) is 17.4 Å². The number of ether oxygens (including phenoxy) is 1. The van der Waals surface area contributed by atoms with Crippen LogP contribution in [0.4, 0.5) is 17.6 Å². The first-order chi connectivity index (χ1) is 14.5. The van der Waals surface area contributed by atoms with Gasteiger partial charge in [-0.3, -0.25) is 0 Å². The second-order valence-corrected chi connectivity index (χ2v) is 7.88. The average Bonchev–Trinajstić information content (AvgIpc) is 3.10. The molecule has 0 aliphatic carbocycles. The standard InChI is InChI=1S/C11H14F3N3O3S.C7H4FNO/c12-11(13,14)20-8-1-2-9(16-5-8)21(19)17-4-3-10(18,6-15)7-17;8-7-3-6(10)2-1-5(7)4-9/h1-2,5,18H,3-4,6-7,15H2;1-3,10H. The van der Waals surface area contributed by atoms with Gasteiger partial charge in [-0.25, -0.2) is 17.9 Å². The van der Waals surface area contributed by atoms with Crippen LogP contribution < -0.4 is 10.5 Å². The van der Waals surface area contributed by atoms with Crippen molar-refractivity contribution in [1.29, 1.82) is 5.26 Å².